The third-order valence-corrected chi connectivity index (χ3v) is 17.0. The molecule has 2 fully saturated rings. The monoisotopic (exact) mass is 1140 g/mol. The van der Waals surface area contributed by atoms with Crippen molar-refractivity contribution in [2.75, 3.05) is 19.8 Å². The Balaban J connectivity index is 1.68. The van der Waals surface area contributed by atoms with Gasteiger partial charge in [0, 0.05) is 6.42 Å². The fourth-order valence-corrected chi connectivity index (χ4v) is 11.5. The Morgan fingerprint density at radius 3 is 1.15 bits per heavy atom. The first kappa shape index (κ1) is 74.8. The van der Waals surface area contributed by atoms with E-state index in [2.05, 4.69) is 19.2 Å². The first-order chi connectivity index (χ1) is 39.1. The van der Waals surface area contributed by atoms with Gasteiger partial charge in [-0.3, -0.25) is 4.79 Å². The molecule has 0 aliphatic carbocycles. The van der Waals surface area contributed by atoms with Crippen LogP contribution in [0.5, 0.6) is 0 Å². The highest BCUT2D eigenvalue weighted by Gasteiger charge is 2.51. The van der Waals surface area contributed by atoms with Crippen molar-refractivity contribution in [1.82, 2.24) is 5.32 Å². The quantitative estimate of drug-likeness (QED) is 0.0204. The number of nitrogens with one attached hydrogen (secondary N) is 1. The van der Waals surface area contributed by atoms with E-state index in [0.717, 1.165) is 38.5 Å². The highest BCUT2D eigenvalue weighted by molar-refractivity contribution is 5.76. The molecule has 12 unspecified atom stereocenters. The third kappa shape index (κ3) is 36.5. The zero-order valence-electron chi connectivity index (χ0n) is 51.4. The van der Waals surface area contributed by atoms with Gasteiger partial charge >= 0.3 is 0 Å². The molecule has 2 saturated heterocycles. The first-order valence-corrected chi connectivity index (χ1v) is 33.9. The van der Waals surface area contributed by atoms with Crippen LogP contribution in [-0.2, 0) is 23.7 Å². The Labute approximate surface area is 488 Å². The van der Waals surface area contributed by atoms with Gasteiger partial charge in [-0.25, -0.2) is 0 Å². The molecular weight excluding hydrogens is 1010 g/mol. The van der Waals surface area contributed by atoms with Crippen LogP contribution in [0.25, 0.3) is 0 Å². The Morgan fingerprint density at radius 2 is 0.775 bits per heavy atom. The number of amides is 1. The fraction of sp³-hybridized carbons (Fsp3) is 0.955. The van der Waals surface area contributed by atoms with Gasteiger partial charge in [0.05, 0.1) is 32.0 Å². The minimum atomic E-state index is -1.79. The maximum absolute atomic E-state index is 13.3. The number of allylic oxidation sites excluding steroid dienone is 1. The molecule has 2 aliphatic heterocycles. The van der Waals surface area contributed by atoms with Crippen molar-refractivity contribution < 1.29 is 64.6 Å². The Kier molecular flexibility index (Phi) is 48.7. The molecular formula is C66H127NO13. The van der Waals surface area contributed by atoms with Crippen LogP contribution in [0.15, 0.2) is 12.2 Å². The van der Waals surface area contributed by atoms with E-state index >= 15 is 0 Å². The lowest BCUT2D eigenvalue weighted by Crippen LogP contribution is -2.65. The van der Waals surface area contributed by atoms with Crippen LogP contribution in [0.4, 0.5) is 0 Å². The number of ether oxygens (including phenoxy) is 4. The summed E-state index contributed by atoms with van der Waals surface area (Å²) in [4.78, 5) is 13.3. The Hall–Kier alpha value is -1.27. The van der Waals surface area contributed by atoms with Gasteiger partial charge in [-0.05, 0) is 19.3 Å². The number of unbranched alkanes of at least 4 members (excludes halogenated alkanes) is 43. The molecule has 14 heteroatoms. The molecule has 9 N–H and O–H groups in total. The Bertz CT molecular complexity index is 1390. The Morgan fingerprint density at radius 1 is 0.438 bits per heavy atom. The van der Waals surface area contributed by atoms with E-state index in [4.69, 9.17) is 18.9 Å². The highest BCUT2D eigenvalue weighted by atomic mass is 16.7. The van der Waals surface area contributed by atoms with Crippen LogP contribution >= 0.6 is 0 Å². The van der Waals surface area contributed by atoms with E-state index in [0.29, 0.717) is 6.42 Å². The minimum absolute atomic E-state index is 0.232. The number of aliphatic hydroxyl groups is 8. The van der Waals surface area contributed by atoms with Crippen LogP contribution in [0.1, 0.15) is 309 Å². The van der Waals surface area contributed by atoms with Gasteiger partial charge in [-0.2, -0.15) is 0 Å². The number of hydrogen-bond donors (Lipinski definition) is 9. The maximum atomic E-state index is 13.3. The average Bonchev–Trinajstić information content (AvgIpc) is 3.49. The van der Waals surface area contributed by atoms with E-state index in [1.807, 2.05) is 6.08 Å². The van der Waals surface area contributed by atoms with Gasteiger partial charge in [0.25, 0.3) is 0 Å². The second kappa shape index (κ2) is 52.1. The number of carbonyl (C=O) groups is 1. The number of carbonyl (C=O) groups excluding carboxylic acids is 1. The summed E-state index contributed by atoms with van der Waals surface area (Å²) in [5, 5.41) is 87.3. The molecule has 0 radical (unpaired) electrons. The van der Waals surface area contributed by atoms with Crippen LogP contribution < -0.4 is 5.32 Å². The lowest BCUT2D eigenvalue weighted by molar-refractivity contribution is -0.359. The van der Waals surface area contributed by atoms with Crippen molar-refractivity contribution >= 4 is 5.91 Å². The van der Waals surface area contributed by atoms with Crippen molar-refractivity contribution in [2.24, 2.45) is 0 Å². The molecule has 2 aliphatic rings. The molecule has 0 aromatic rings. The predicted octanol–water partition coefficient (Wildman–Crippen LogP) is 13.0. The van der Waals surface area contributed by atoms with E-state index in [9.17, 15) is 45.6 Å². The van der Waals surface area contributed by atoms with Crippen molar-refractivity contribution in [2.45, 2.75) is 383 Å². The van der Waals surface area contributed by atoms with Crippen molar-refractivity contribution in [3.05, 3.63) is 12.2 Å². The lowest BCUT2D eigenvalue weighted by atomic mass is 9.97. The molecule has 0 aromatic heterocycles. The molecule has 12 atom stereocenters. The summed E-state index contributed by atoms with van der Waals surface area (Å²) in [6.45, 7) is 2.85. The van der Waals surface area contributed by atoms with Crippen molar-refractivity contribution in [3.63, 3.8) is 0 Å². The molecule has 474 valence electrons. The molecule has 80 heavy (non-hydrogen) atoms. The van der Waals surface area contributed by atoms with Crippen LogP contribution in [0, 0.1) is 0 Å². The zero-order valence-corrected chi connectivity index (χ0v) is 51.4. The summed E-state index contributed by atoms with van der Waals surface area (Å²) in [6, 6.07) is -0.910. The van der Waals surface area contributed by atoms with Gasteiger partial charge in [0.15, 0.2) is 12.6 Å². The van der Waals surface area contributed by atoms with Gasteiger partial charge in [0.1, 0.15) is 48.8 Å². The number of hydrogen-bond acceptors (Lipinski definition) is 13. The van der Waals surface area contributed by atoms with E-state index in [1.165, 1.54) is 244 Å². The summed E-state index contributed by atoms with van der Waals surface area (Å²) >= 11 is 0. The third-order valence-electron chi connectivity index (χ3n) is 17.0. The summed E-state index contributed by atoms with van der Waals surface area (Å²) < 4.78 is 22.8. The summed E-state index contributed by atoms with van der Waals surface area (Å²) in [5.74, 6) is -0.232. The predicted molar refractivity (Wildman–Crippen MR) is 323 cm³/mol. The molecule has 0 saturated carbocycles. The molecule has 2 heterocycles. The van der Waals surface area contributed by atoms with Gasteiger partial charge in [-0.1, -0.05) is 296 Å². The molecule has 2 rings (SSSR count). The van der Waals surface area contributed by atoms with Gasteiger partial charge in [-0.15, -0.1) is 0 Å². The van der Waals surface area contributed by atoms with Gasteiger partial charge in [0.2, 0.25) is 5.91 Å². The van der Waals surface area contributed by atoms with Crippen molar-refractivity contribution in [1.29, 1.82) is 0 Å². The largest absolute Gasteiger partial charge is 0.394 e. The highest BCUT2D eigenvalue weighted by Crippen LogP contribution is 2.30. The van der Waals surface area contributed by atoms with Crippen LogP contribution in [-0.4, -0.2) is 140 Å². The smallest absolute Gasteiger partial charge is 0.220 e. The number of rotatable bonds is 56. The summed E-state index contributed by atoms with van der Waals surface area (Å²) in [5.41, 5.74) is 0. The summed E-state index contributed by atoms with van der Waals surface area (Å²) in [7, 11) is 0. The zero-order chi connectivity index (χ0) is 58.1. The fourth-order valence-electron chi connectivity index (χ4n) is 11.5. The summed E-state index contributed by atoms with van der Waals surface area (Å²) in [6.07, 6.45) is 45.5. The first-order valence-electron chi connectivity index (χ1n) is 33.9. The normalized spacial score (nSPS) is 24.2. The maximum Gasteiger partial charge on any atom is 0.220 e. The molecule has 0 aromatic carbocycles. The minimum Gasteiger partial charge on any atom is -0.394 e. The SMILES string of the molecule is CCCCCCCCCCCCCCCCCCCCCCCCCCCCC/C=C/C(O)C(COC1OC(CO)C(OC2OC(CO)C(O)C(O)C2O)C(O)C1O)NC(=O)CCCCCCCCCCCCCCCCCCC. The van der Waals surface area contributed by atoms with E-state index in [-0.39, 0.29) is 18.9 Å². The van der Waals surface area contributed by atoms with Gasteiger partial charge < -0.3 is 65.1 Å². The topological polar surface area (TPSA) is 228 Å². The molecule has 0 bridgehead atoms. The molecule has 14 nitrogen and oxygen atoms in total. The second-order valence-electron chi connectivity index (χ2n) is 24.3. The standard InChI is InChI=1S/C66H127NO13/c1-3-5-7-9-11-13-15-17-19-21-22-23-24-25-26-27-28-29-30-31-32-34-35-37-39-41-43-45-47-49-55(70)54(67-58(71)50-48-46-44-42-40-38-36-33-20-18-16-14-12-10-8-6-4-2)53-77-65-63(76)61(74)64(57(52-69)79-65)80-66-62(75)60(73)59(72)56(51-68)78-66/h47,49,54-57,59-66,68-70,72-76H,3-46,48,50-53H2,1-2H3,(H,67,71)/b49-47+. The lowest BCUT2D eigenvalue weighted by Gasteiger charge is -2.46. The van der Waals surface area contributed by atoms with Crippen LogP contribution in [0.3, 0.4) is 0 Å². The molecule has 1 amide bonds. The number of aliphatic hydroxyl groups excluding tert-OH is 8. The van der Waals surface area contributed by atoms with E-state index in [1.54, 1.807) is 6.08 Å². The van der Waals surface area contributed by atoms with Crippen LogP contribution in [0.2, 0.25) is 0 Å². The average molecular weight is 1140 g/mol. The molecule has 0 spiro atoms. The second-order valence-corrected chi connectivity index (χ2v) is 24.3. The van der Waals surface area contributed by atoms with Crippen molar-refractivity contribution in [3.8, 4) is 0 Å². The van der Waals surface area contributed by atoms with E-state index < -0.39 is 86.8 Å².